The molecule has 0 aliphatic rings. The van der Waals surface area contributed by atoms with Gasteiger partial charge in [-0.2, -0.15) is 0 Å². The molecule has 0 aliphatic heterocycles. The second kappa shape index (κ2) is 6.88. The van der Waals surface area contributed by atoms with Gasteiger partial charge >= 0.3 is 0 Å². The first-order chi connectivity index (χ1) is 12.4. The maximum atomic E-state index is 10.7. The Balaban J connectivity index is 2.02. The molecule has 3 aromatic rings. The second-order valence-electron chi connectivity index (χ2n) is 6.33. The van der Waals surface area contributed by atoms with Crippen LogP contribution in [0.4, 0.5) is 0 Å². The van der Waals surface area contributed by atoms with Crippen LogP contribution in [0.1, 0.15) is 27.8 Å². The van der Waals surface area contributed by atoms with Crippen molar-refractivity contribution in [1.82, 2.24) is 0 Å². The Morgan fingerprint density at radius 3 is 1.31 bits per heavy atom. The molecule has 134 valence electrons. The highest BCUT2D eigenvalue weighted by Gasteiger charge is 2.16. The molecular formula is C21H20O5. The molecule has 5 N–H and O–H groups in total. The van der Waals surface area contributed by atoms with Crippen LogP contribution in [0.3, 0.4) is 0 Å². The zero-order valence-electron chi connectivity index (χ0n) is 14.3. The Morgan fingerprint density at radius 2 is 0.962 bits per heavy atom. The molecule has 0 radical (unpaired) electrons. The van der Waals surface area contributed by atoms with Crippen molar-refractivity contribution in [3.05, 3.63) is 76.3 Å². The number of rotatable bonds is 4. The third-order valence-corrected chi connectivity index (χ3v) is 4.40. The van der Waals surface area contributed by atoms with Crippen molar-refractivity contribution in [3.63, 3.8) is 0 Å². The molecule has 0 amide bonds. The summed E-state index contributed by atoms with van der Waals surface area (Å²) in [6, 6.07) is 12.5. The SMILES string of the molecule is Cc1cc(Cc2c(O)cccc2O)c(O)c(Cc2c(O)cccc2O)c1. The van der Waals surface area contributed by atoms with E-state index in [2.05, 4.69) is 0 Å². The molecule has 0 atom stereocenters. The van der Waals surface area contributed by atoms with E-state index < -0.39 is 0 Å². The van der Waals surface area contributed by atoms with Crippen LogP contribution < -0.4 is 0 Å². The molecule has 5 nitrogen and oxygen atoms in total. The number of benzene rings is 3. The summed E-state index contributed by atoms with van der Waals surface area (Å²) in [7, 11) is 0. The summed E-state index contributed by atoms with van der Waals surface area (Å²) >= 11 is 0. The molecule has 5 heteroatoms. The Bertz CT molecular complexity index is 848. The smallest absolute Gasteiger partial charge is 0.122 e. The van der Waals surface area contributed by atoms with Crippen molar-refractivity contribution in [3.8, 4) is 28.7 Å². The normalized spacial score (nSPS) is 10.8. The van der Waals surface area contributed by atoms with Crippen LogP contribution in [-0.4, -0.2) is 25.5 Å². The van der Waals surface area contributed by atoms with Crippen LogP contribution >= 0.6 is 0 Å². The van der Waals surface area contributed by atoms with Crippen LogP contribution in [0.5, 0.6) is 28.7 Å². The zero-order chi connectivity index (χ0) is 18.8. The molecular weight excluding hydrogens is 332 g/mol. The van der Waals surface area contributed by atoms with Gasteiger partial charge in [0.05, 0.1) is 0 Å². The van der Waals surface area contributed by atoms with Crippen molar-refractivity contribution >= 4 is 0 Å². The highest BCUT2D eigenvalue weighted by molar-refractivity contribution is 5.54. The lowest BCUT2D eigenvalue weighted by molar-refractivity contribution is 0.436. The predicted octanol–water partition coefficient (Wildman–Crippen LogP) is 3.70. The first-order valence-corrected chi connectivity index (χ1v) is 8.17. The lowest BCUT2D eigenvalue weighted by Crippen LogP contribution is -1.97. The van der Waals surface area contributed by atoms with E-state index in [-0.39, 0.29) is 41.6 Å². The van der Waals surface area contributed by atoms with Gasteiger partial charge in [0.25, 0.3) is 0 Å². The van der Waals surface area contributed by atoms with Gasteiger partial charge in [0.15, 0.2) is 0 Å². The van der Waals surface area contributed by atoms with E-state index in [4.69, 9.17) is 0 Å². The Morgan fingerprint density at radius 1 is 0.615 bits per heavy atom. The zero-order valence-corrected chi connectivity index (χ0v) is 14.3. The molecule has 0 spiro atoms. The molecule has 0 unspecified atom stereocenters. The van der Waals surface area contributed by atoms with Crippen LogP contribution in [0.2, 0.25) is 0 Å². The minimum Gasteiger partial charge on any atom is -0.508 e. The number of aromatic hydroxyl groups is 5. The number of hydrogen-bond donors (Lipinski definition) is 5. The molecule has 0 fully saturated rings. The minimum atomic E-state index is -0.0502. The van der Waals surface area contributed by atoms with Crippen molar-refractivity contribution in [1.29, 1.82) is 0 Å². The van der Waals surface area contributed by atoms with E-state index in [1.54, 1.807) is 12.1 Å². The Hall–Kier alpha value is -3.34. The average Bonchev–Trinajstić information content (AvgIpc) is 2.58. The average molecular weight is 352 g/mol. The second-order valence-corrected chi connectivity index (χ2v) is 6.33. The summed E-state index contributed by atoms with van der Waals surface area (Å²) in [5.74, 6) is -0.200. The van der Waals surface area contributed by atoms with E-state index >= 15 is 0 Å². The molecule has 3 rings (SSSR count). The molecule has 3 aromatic carbocycles. The van der Waals surface area contributed by atoms with Gasteiger partial charge in [0.2, 0.25) is 0 Å². The van der Waals surface area contributed by atoms with Gasteiger partial charge in [0, 0.05) is 24.0 Å². The van der Waals surface area contributed by atoms with Crippen LogP contribution in [0, 0.1) is 6.92 Å². The highest BCUT2D eigenvalue weighted by atomic mass is 16.3. The molecule has 0 aromatic heterocycles. The quantitative estimate of drug-likeness (QED) is 0.493. The summed E-state index contributed by atoms with van der Waals surface area (Å²) in [5, 5.41) is 50.6. The van der Waals surface area contributed by atoms with Crippen LogP contribution in [-0.2, 0) is 12.8 Å². The predicted molar refractivity (Wildman–Crippen MR) is 98.0 cm³/mol. The highest BCUT2D eigenvalue weighted by Crippen LogP contribution is 2.36. The molecule has 0 aliphatic carbocycles. The van der Waals surface area contributed by atoms with Crippen LogP contribution in [0.25, 0.3) is 0 Å². The van der Waals surface area contributed by atoms with E-state index in [0.717, 1.165) is 5.56 Å². The van der Waals surface area contributed by atoms with E-state index in [1.807, 2.05) is 6.92 Å². The first-order valence-electron chi connectivity index (χ1n) is 8.17. The summed E-state index contributed by atoms with van der Waals surface area (Å²) in [6.45, 7) is 1.86. The summed E-state index contributed by atoms with van der Waals surface area (Å²) in [6.07, 6.45) is 0.289. The van der Waals surface area contributed by atoms with Gasteiger partial charge in [-0.05, 0) is 42.3 Å². The molecule has 0 saturated heterocycles. The maximum Gasteiger partial charge on any atom is 0.122 e. The lowest BCUT2D eigenvalue weighted by Gasteiger charge is -2.14. The third kappa shape index (κ3) is 3.37. The summed E-state index contributed by atoms with van der Waals surface area (Å²) < 4.78 is 0. The van der Waals surface area contributed by atoms with E-state index in [9.17, 15) is 25.5 Å². The largest absolute Gasteiger partial charge is 0.508 e. The van der Waals surface area contributed by atoms with Crippen molar-refractivity contribution in [2.45, 2.75) is 19.8 Å². The van der Waals surface area contributed by atoms with Crippen molar-refractivity contribution in [2.24, 2.45) is 0 Å². The molecule has 26 heavy (non-hydrogen) atoms. The monoisotopic (exact) mass is 352 g/mol. The minimum absolute atomic E-state index is 0.000839. The first kappa shape index (κ1) is 17.5. The number of phenols is 5. The fourth-order valence-corrected chi connectivity index (χ4v) is 3.07. The maximum absolute atomic E-state index is 10.7. The number of phenolic OH excluding ortho intramolecular Hbond substituents is 5. The van der Waals surface area contributed by atoms with E-state index in [1.165, 1.54) is 36.4 Å². The van der Waals surface area contributed by atoms with Gasteiger partial charge in [-0.1, -0.05) is 29.8 Å². The fraction of sp³-hybridized carbons (Fsp3) is 0.143. The summed E-state index contributed by atoms with van der Waals surface area (Å²) in [4.78, 5) is 0. The molecule has 0 saturated carbocycles. The molecule has 0 heterocycles. The number of hydrogen-bond acceptors (Lipinski definition) is 5. The van der Waals surface area contributed by atoms with Gasteiger partial charge in [-0.15, -0.1) is 0 Å². The topological polar surface area (TPSA) is 101 Å². The van der Waals surface area contributed by atoms with E-state index in [0.29, 0.717) is 22.3 Å². The fourth-order valence-electron chi connectivity index (χ4n) is 3.07. The Kier molecular flexibility index (Phi) is 4.63. The van der Waals surface area contributed by atoms with Gasteiger partial charge < -0.3 is 25.5 Å². The standard InChI is InChI=1S/C21H20O5/c1-12-8-13(10-15-17(22)4-2-5-18(15)23)21(26)14(9-12)11-16-19(24)6-3-7-20(16)25/h2-9,22-26H,10-11H2,1H3. The lowest BCUT2D eigenvalue weighted by atomic mass is 9.94. The van der Waals surface area contributed by atoms with Gasteiger partial charge in [-0.3, -0.25) is 0 Å². The van der Waals surface area contributed by atoms with Crippen molar-refractivity contribution < 1.29 is 25.5 Å². The summed E-state index contributed by atoms with van der Waals surface area (Å²) in [5.41, 5.74) is 2.59. The Labute approximate surface area is 151 Å². The van der Waals surface area contributed by atoms with Crippen LogP contribution in [0.15, 0.2) is 48.5 Å². The third-order valence-electron chi connectivity index (χ3n) is 4.40. The molecule has 0 bridgehead atoms. The van der Waals surface area contributed by atoms with Gasteiger partial charge in [-0.25, -0.2) is 0 Å². The van der Waals surface area contributed by atoms with Gasteiger partial charge in [0.1, 0.15) is 28.7 Å². The van der Waals surface area contributed by atoms with Crippen molar-refractivity contribution in [2.75, 3.05) is 0 Å². The number of aryl methyl sites for hydroxylation is 1.